The Labute approximate surface area is 252 Å². The molecule has 9 nitrogen and oxygen atoms in total. The maximum absolute atomic E-state index is 13.0. The summed E-state index contributed by atoms with van der Waals surface area (Å²) in [6.07, 6.45) is -1.58. The van der Waals surface area contributed by atoms with Crippen LogP contribution >= 0.6 is 0 Å². The number of rotatable bonds is 5. The Bertz CT molecular complexity index is 1640. The molecule has 12 heteroatoms. The van der Waals surface area contributed by atoms with E-state index in [4.69, 9.17) is 14.5 Å². The molecule has 0 atom stereocenters. The second-order valence-corrected chi connectivity index (χ2v) is 11.6. The summed E-state index contributed by atoms with van der Waals surface area (Å²) in [7, 11) is 1.28. The van der Waals surface area contributed by atoms with Gasteiger partial charge in [0.25, 0.3) is 0 Å². The summed E-state index contributed by atoms with van der Waals surface area (Å²) in [6, 6.07) is 15.6. The van der Waals surface area contributed by atoms with Gasteiger partial charge in [-0.3, -0.25) is 0 Å². The predicted octanol–water partition coefficient (Wildman–Crippen LogP) is 6.92. The standard InChI is InChI=1S/C32H32F3N5O4/c1-31(2,3)44-30(42)39-15-13-21(14-16-39)20-5-7-22(8-6-20)26-17-24(29(41)43-4)18-28(36-26)40-19-27(37-38-40)23-9-11-25(12-10-23)32(33,34)35/h5-12,17-19,21H,13-16H2,1-4H3. The fraction of sp³-hybridized carbons (Fsp3) is 0.344. The third-order valence-electron chi connectivity index (χ3n) is 7.29. The van der Waals surface area contributed by atoms with Crippen molar-refractivity contribution in [3.05, 3.63) is 83.6 Å². The van der Waals surface area contributed by atoms with Gasteiger partial charge in [0.2, 0.25) is 0 Å². The summed E-state index contributed by atoms with van der Waals surface area (Å²) >= 11 is 0. The molecule has 4 aromatic rings. The van der Waals surface area contributed by atoms with Gasteiger partial charge in [0.1, 0.15) is 11.3 Å². The van der Waals surface area contributed by atoms with E-state index < -0.39 is 23.3 Å². The SMILES string of the molecule is COC(=O)c1cc(-c2ccc(C3CCN(C(=O)OC(C)(C)C)CC3)cc2)nc(-n2cc(-c3ccc(C(F)(F)F)cc3)nn2)c1. The summed E-state index contributed by atoms with van der Waals surface area (Å²) in [6.45, 7) is 6.78. The van der Waals surface area contributed by atoms with Crippen LogP contribution in [0.25, 0.3) is 28.3 Å². The molecule has 0 N–H and O–H groups in total. The molecule has 1 aliphatic rings. The smallest absolute Gasteiger partial charge is 0.416 e. The van der Waals surface area contributed by atoms with E-state index in [0.29, 0.717) is 30.0 Å². The Morgan fingerprint density at radius 1 is 0.886 bits per heavy atom. The topological polar surface area (TPSA) is 99.4 Å². The number of ether oxygens (including phenoxy) is 2. The molecule has 1 fully saturated rings. The van der Waals surface area contributed by atoms with Crippen LogP contribution in [0.15, 0.2) is 66.9 Å². The normalized spacial score (nSPS) is 14.4. The van der Waals surface area contributed by atoms with Crippen LogP contribution in [0.1, 0.15) is 61.0 Å². The minimum absolute atomic E-state index is 0.248. The second kappa shape index (κ2) is 12.1. The summed E-state index contributed by atoms with van der Waals surface area (Å²) in [5, 5.41) is 8.19. The number of amides is 1. The third-order valence-corrected chi connectivity index (χ3v) is 7.29. The highest BCUT2D eigenvalue weighted by Gasteiger charge is 2.30. The first-order valence-electron chi connectivity index (χ1n) is 14.1. The second-order valence-electron chi connectivity index (χ2n) is 11.6. The minimum Gasteiger partial charge on any atom is -0.465 e. The quantitative estimate of drug-likeness (QED) is 0.227. The highest BCUT2D eigenvalue weighted by Crippen LogP contribution is 2.32. The molecule has 1 amide bonds. The molecule has 1 aliphatic heterocycles. The number of alkyl halides is 3. The maximum Gasteiger partial charge on any atom is 0.416 e. The molecular weight excluding hydrogens is 575 g/mol. The molecule has 0 saturated carbocycles. The number of pyridine rings is 1. The molecule has 3 heterocycles. The molecule has 0 bridgehead atoms. The van der Waals surface area contributed by atoms with E-state index in [1.54, 1.807) is 11.0 Å². The zero-order chi connectivity index (χ0) is 31.6. The first-order valence-corrected chi connectivity index (χ1v) is 14.1. The predicted molar refractivity (Wildman–Crippen MR) is 156 cm³/mol. The summed E-state index contributed by atoms with van der Waals surface area (Å²) in [4.78, 5) is 31.4. The number of methoxy groups -OCH3 is 1. The lowest BCUT2D eigenvalue weighted by atomic mass is 9.89. The summed E-state index contributed by atoms with van der Waals surface area (Å²) in [5.41, 5.74) is 2.13. The van der Waals surface area contributed by atoms with Crippen molar-refractivity contribution in [3.8, 4) is 28.3 Å². The van der Waals surface area contributed by atoms with Crippen molar-refractivity contribution < 1.29 is 32.2 Å². The number of hydrogen-bond donors (Lipinski definition) is 0. The molecule has 44 heavy (non-hydrogen) atoms. The fourth-order valence-corrected chi connectivity index (χ4v) is 5.00. The van der Waals surface area contributed by atoms with Crippen molar-refractivity contribution in [2.75, 3.05) is 20.2 Å². The summed E-state index contributed by atoms with van der Waals surface area (Å²) in [5.74, 6) is 0.00456. The molecule has 0 spiro atoms. The Hall–Kier alpha value is -4.74. The lowest BCUT2D eigenvalue weighted by Gasteiger charge is -2.33. The minimum atomic E-state index is -4.44. The van der Waals surface area contributed by atoms with E-state index in [1.165, 1.54) is 36.2 Å². The molecule has 0 aliphatic carbocycles. The monoisotopic (exact) mass is 607 g/mol. The van der Waals surface area contributed by atoms with Gasteiger partial charge in [-0.25, -0.2) is 19.3 Å². The number of halogens is 3. The number of nitrogens with zero attached hydrogens (tertiary/aromatic N) is 5. The molecule has 0 unspecified atom stereocenters. The molecule has 2 aromatic heterocycles. The largest absolute Gasteiger partial charge is 0.465 e. The first-order chi connectivity index (χ1) is 20.8. The molecular formula is C32H32F3N5O4. The highest BCUT2D eigenvalue weighted by molar-refractivity contribution is 5.91. The van der Waals surface area contributed by atoms with Gasteiger partial charge in [-0.05, 0) is 69.4 Å². The lowest BCUT2D eigenvalue weighted by molar-refractivity contribution is -0.137. The maximum atomic E-state index is 13.0. The van der Waals surface area contributed by atoms with Crippen molar-refractivity contribution >= 4 is 12.1 Å². The van der Waals surface area contributed by atoms with Gasteiger partial charge in [-0.1, -0.05) is 41.6 Å². The van der Waals surface area contributed by atoms with Crippen molar-refractivity contribution in [1.82, 2.24) is 24.9 Å². The molecule has 1 saturated heterocycles. The lowest BCUT2D eigenvalue weighted by Crippen LogP contribution is -2.41. The number of hydrogen-bond acceptors (Lipinski definition) is 7. The number of carbonyl (C=O) groups is 2. The van der Waals surface area contributed by atoms with E-state index in [1.807, 2.05) is 45.0 Å². The van der Waals surface area contributed by atoms with Gasteiger partial charge in [0.05, 0.1) is 30.1 Å². The van der Waals surface area contributed by atoms with E-state index in [-0.39, 0.29) is 23.4 Å². The van der Waals surface area contributed by atoms with Crippen LogP contribution in [0.4, 0.5) is 18.0 Å². The average Bonchev–Trinajstić information content (AvgIpc) is 3.50. The number of likely N-dealkylation sites (tertiary alicyclic amines) is 1. The van der Waals surface area contributed by atoms with Gasteiger partial charge in [0.15, 0.2) is 5.82 Å². The Balaban J connectivity index is 1.35. The van der Waals surface area contributed by atoms with E-state index >= 15 is 0 Å². The van der Waals surface area contributed by atoms with Crippen LogP contribution in [0.5, 0.6) is 0 Å². The Morgan fingerprint density at radius 3 is 2.09 bits per heavy atom. The van der Waals surface area contributed by atoms with Gasteiger partial charge >= 0.3 is 18.2 Å². The van der Waals surface area contributed by atoms with Crippen molar-refractivity contribution in [2.24, 2.45) is 0 Å². The van der Waals surface area contributed by atoms with Crippen LogP contribution in [0, 0.1) is 0 Å². The fourth-order valence-electron chi connectivity index (χ4n) is 5.00. The zero-order valence-corrected chi connectivity index (χ0v) is 24.8. The van der Waals surface area contributed by atoms with Gasteiger partial charge in [0, 0.05) is 24.2 Å². The van der Waals surface area contributed by atoms with Gasteiger partial charge < -0.3 is 14.4 Å². The van der Waals surface area contributed by atoms with Crippen molar-refractivity contribution in [1.29, 1.82) is 0 Å². The molecule has 0 radical (unpaired) electrons. The number of carbonyl (C=O) groups excluding carboxylic acids is 2. The number of aromatic nitrogens is 4. The van der Waals surface area contributed by atoms with Crippen LogP contribution in [-0.2, 0) is 15.7 Å². The first kappa shape index (κ1) is 30.7. The van der Waals surface area contributed by atoms with Gasteiger partial charge in [-0.2, -0.15) is 13.2 Å². The Morgan fingerprint density at radius 2 is 1.50 bits per heavy atom. The van der Waals surface area contributed by atoms with Crippen LogP contribution in [0.3, 0.4) is 0 Å². The van der Waals surface area contributed by atoms with E-state index in [0.717, 1.165) is 36.1 Å². The van der Waals surface area contributed by atoms with Crippen molar-refractivity contribution in [3.63, 3.8) is 0 Å². The molecule has 5 rings (SSSR count). The molecule has 230 valence electrons. The van der Waals surface area contributed by atoms with E-state index in [2.05, 4.69) is 10.3 Å². The van der Waals surface area contributed by atoms with Crippen molar-refractivity contribution in [2.45, 2.75) is 51.3 Å². The van der Waals surface area contributed by atoms with E-state index in [9.17, 15) is 22.8 Å². The number of benzene rings is 2. The highest BCUT2D eigenvalue weighted by atomic mass is 19.4. The number of piperidine rings is 1. The zero-order valence-electron chi connectivity index (χ0n) is 24.8. The van der Waals surface area contributed by atoms with Crippen LogP contribution in [-0.4, -0.2) is 62.7 Å². The Kier molecular flexibility index (Phi) is 8.44. The summed E-state index contributed by atoms with van der Waals surface area (Å²) < 4.78 is 50.7. The van der Waals surface area contributed by atoms with Crippen LogP contribution < -0.4 is 0 Å². The molecule has 2 aromatic carbocycles. The average molecular weight is 608 g/mol. The third kappa shape index (κ3) is 7.07. The van der Waals surface area contributed by atoms with Gasteiger partial charge in [-0.15, -0.1) is 5.10 Å². The van der Waals surface area contributed by atoms with Crippen LogP contribution in [0.2, 0.25) is 0 Å². The number of esters is 1.